The fourth-order valence-electron chi connectivity index (χ4n) is 1.01. The first-order valence-electron chi connectivity index (χ1n) is 4.61. The summed E-state index contributed by atoms with van der Waals surface area (Å²) in [5.41, 5.74) is 0. The van der Waals surface area contributed by atoms with Crippen LogP contribution in [-0.2, 0) is 11.3 Å². The normalized spacial score (nSPS) is 9.93. The highest BCUT2D eigenvalue weighted by atomic mass is 16.5. The molecule has 0 bridgehead atoms. The summed E-state index contributed by atoms with van der Waals surface area (Å²) < 4.78 is 5.24. The highest BCUT2D eigenvalue weighted by Crippen LogP contribution is 2.10. The molecule has 0 fully saturated rings. The lowest BCUT2D eigenvalue weighted by atomic mass is 10.5. The Kier molecular flexibility index (Phi) is 4.12. The van der Waals surface area contributed by atoms with Gasteiger partial charge in [-0.25, -0.2) is 9.97 Å². The smallest absolute Gasteiger partial charge is 0.158 e. The Morgan fingerprint density at radius 1 is 1.21 bits per heavy atom. The summed E-state index contributed by atoms with van der Waals surface area (Å²) in [5, 5.41) is 5.94. The van der Waals surface area contributed by atoms with Crippen LogP contribution < -0.4 is 10.6 Å². The standard InChI is InChI=1S/C9H16N4O/c1-4-14-6-9-12-7(10-2)5-8(11-3)13-9/h5H,4,6H2,1-3H3,(H2,10,11,12,13). The fraction of sp³-hybridized carbons (Fsp3) is 0.556. The van der Waals surface area contributed by atoms with Crippen LogP contribution in [-0.4, -0.2) is 30.7 Å². The van der Waals surface area contributed by atoms with Gasteiger partial charge in [0.1, 0.15) is 18.2 Å². The van der Waals surface area contributed by atoms with E-state index in [2.05, 4.69) is 20.6 Å². The second kappa shape index (κ2) is 5.39. The van der Waals surface area contributed by atoms with Crippen molar-refractivity contribution < 1.29 is 4.74 Å². The molecular weight excluding hydrogens is 180 g/mol. The van der Waals surface area contributed by atoms with E-state index in [9.17, 15) is 0 Å². The topological polar surface area (TPSA) is 59.1 Å². The zero-order chi connectivity index (χ0) is 10.4. The number of nitrogens with zero attached hydrogens (tertiary/aromatic N) is 2. The maximum atomic E-state index is 5.24. The predicted octanol–water partition coefficient (Wildman–Crippen LogP) is 1.10. The van der Waals surface area contributed by atoms with Crippen molar-refractivity contribution >= 4 is 11.6 Å². The third kappa shape index (κ3) is 2.85. The first-order chi connectivity index (χ1) is 6.80. The van der Waals surface area contributed by atoms with E-state index >= 15 is 0 Å². The van der Waals surface area contributed by atoms with Gasteiger partial charge in [0.25, 0.3) is 0 Å². The minimum Gasteiger partial charge on any atom is -0.374 e. The van der Waals surface area contributed by atoms with Crippen molar-refractivity contribution in [2.45, 2.75) is 13.5 Å². The molecule has 0 saturated carbocycles. The molecule has 5 heteroatoms. The van der Waals surface area contributed by atoms with Crippen molar-refractivity contribution in [2.75, 3.05) is 31.3 Å². The highest BCUT2D eigenvalue weighted by Gasteiger charge is 2.01. The minimum atomic E-state index is 0.445. The Labute approximate surface area is 83.9 Å². The van der Waals surface area contributed by atoms with Gasteiger partial charge in [0, 0.05) is 26.8 Å². The average Bonchev–Trinajstić information content (AvgIpc) is 2.25. The van der Waals surface area contributed by atoms with E-state index in [1.54, 1.807) is 0 Å². The van der Waals surface area contributed by atoms with Crippen LogP contribution in [0, 0.1) is 0 Å². The molecule has 0 aliphatic carbocycles. The first kappa shape index (κ1) is 10.7. The van der Waals surface area contributed by atoms with Gasteiger partial charge in [-0.15, -0.1) is 0 Å². The molecule has 0 aliphatic rings. The second-order valence-corrected chi connectivity index (χ2v) is 2.69. The van der Waals surface area contributed by atoms with Crippen molar-refractivity contribution in [3.63, 3.8) is 0 Å². The first-order valence-corrected chi connectivity index (χ1v) is 4.61. The van der Waals surface area contributed by atoms with Gasteiger partial charge in [-0.1, -0.05) is 0 Å². The second-order valence-electron chi connectivity index (χ2n) is 2.69. The summed E-state index contributed by atoms with van der Waals surface area (Å²) in [6, 6.07) is 1.84. The predicted molar refractivity (Wildman–Crippen MR) is 56.5 cm³/mol. The Bertz CT molecular complexity index is 268. The van der Waals surface area contributed by atoms with Crippen LogP contribution in [0.15, 0.2) is 6.07 Å². The summed E-state index contributed by atoms with van der Waals surface area (Å²) in [6.45, 7) is 3.06. The van der Waals surface area contributed by atoms with Crippen molar-refractivity contribution in [3.05, 3.63) is 11.9 Å². The average molecular weight is 196 g/mol. The number of hydrogen-bond donors (Lipinski definition) is 2. The molecule has 0 saturated heterocycles. The van der Waals surface area contributed by atoms with Gasteiger partial charge in [-0.3, -0.25) is 0 Å². The number of rotatable bonds is 5. The lowest BCUT2D eigenvalue weighted by molar-refractivity contribution is 0.128. The van der Waals surface area contributed by atoms with Crippen LogP contribution in [0.2, 0.25) is 0 Å². The molecule has 0 aliphatic heterocycles. The van der Waals surface area contributed by atoms with E-state index in [0.717, 1.165) is 11.6 Å². The Hall–Kier alpha value is -1.36. The van der Waals surface area contributed by atoms with Gasteiger partial charge in [0.05, 0.1) is 0 Å². The summed E-state index contributed by atoms with van der Waals surface area (Å²) in [7, 11) is 3.65. The molecule has 1 heterocycles. The number of aromatic nitrogens is 2. The summed E-state index contributed by atoms with van der Waals surface area (Å²) >= 11 is 0. The van der Waals surface area contributed by atoms with Crippen LogP contribution in [0.5, 0.6) is 0 Å². The van der Waals surface area contributed by atoms with Gasteiger partial charge in [-0.2, -0.15) is 0 Å². The summed E-state index contributed by atoms with van der Waals surface area (Å²) in [4.78, 5) is 8.50. The molecule has 0 atom stereocenters. The van der Waals surface area contributed by atoms with E-state index in [1.165, 1.54) is 0 Å². The van der Waals surface area contributed by atoms with Gasteiger partial charge < -0.3 is 15.4 Å². The van der Waals surface area contributed by atoms with E-state index in [4.69, 9.17) is 4.74 Å². The van der Waals surface area contributed by atoms with Gasteiger partial charge in [0.2, 0.25) is 0 Å². The lowest BCUT2D eigenvalue weighted by Gasteiger charge is -2.06. The van der Waals surface area contributed by atoms with E-state index in [1.807, 2.05) is 27.1 Å². The molecule has 0 aromatic carbocycles. The monoisotopic (exact) mass is 196 g/mol. The van der Waals surface area contributed by atoms with Gasteiger partial charge >= 0.3 is 0 Å². The van der Waals surface area contributed by atoms with E-state index in [0.29, 0.717) is 19.0 Å². The maximum absolute atomic E-state index is 5.24. The number of ether oxygens (including phenoxy) is 1. The van der Waals surface area contributed by atoms with Crippen LogP contribution in [0.4, 0.5) is 11.6 Å². The summed E-state index contributed by atoms with van der Waals surface area (Å²) in [6.07, 6.45) is 0. The molecule has 1 aromatic rings. The molecule has 2 N–H and O–H groups in total. The SMILES string of the molecule is CCOCc1nc(NC)cc(NC)n1. The fourth-order valence-corrected chi connectivity index (χ4v) is 1.01. The lowest BCUT2D eigenvalue weighted by Crippen LogP contribution is -2.05. The molecule has 5 nitrogen and oxygen atoms in total. The van der Waals surface area contributed by atoms with Gasteiger partial charge in [0.15, 0.2) is 5.82 Å². The molecule has 0 unspecified atom stereocenters. The van der Waals surface area contributed by atoms with Crippen molar-refractivity contribution in [2.24, 2.45) is 0 Å². The highest BCUT2D eigenvalue weighted by molar-refractivity contribution is 5.46. The van der Waals surface area contributed by atoms with Crippen LogP contribution in [0.1, 0.15) is 12.7 Å². The Morgan fingerprint density at radius 3 is 2.21 bits per heavy atom. The van der Waals surface area contributed by atoms with E-state index in [-0.39, 0.29) is 0 Å². The quantitative estimate of drug-likeness (QED) is 0.738. The van der Waals surface area contributed by atoms with Crippen molar-refractivity contribution in [3.8, 4) is 0 Å². The molecular formula is C9H16N4O. The van der Waals surface area contributed by atoms with E-state index < -0.39 is 0 Å². The van der Waals surface area contributed by atoms with Gasteiger partial charge in [-0.05, 0) is 6.92 Å². The van der Waals surface area contributed by atoms with Crippen molar-refractivity contribution in [1.29, 1.82) is 0 Å². The van der Waals surface area contributed by atoms with Crippen LogP contribution in [0.25, 0.3) is 0 Å². The molecule has 0 amide bonds. The molecule has 1 aromatic heterocycles. The molecule has 1 rings (SSSR count). The van der Waals surface area contributed by atoms with Crippen molar-refractivity contribution in [1.82, 2.24) is 9.97 Å². The summed E-state index contributed by atoms with van der Waals surface area (Å²) in [5.74, 6) is 2.26. The third-order valence-corrected chi connectivity index (χ3v) is 1.72. The number of hydrogen-bond acceptors (Lipinski definition) is 5. The maximum Gasteiger partial charge on any atom is 0.158 e. The zero-order valence-electron chi connectivity index (χ0n) is 8.79. The molecule has 78 valence electrons. The molecule has 0 spiro atoms. The Balaban J connectivity index is 2.81. The number of nitrogens with one attached hydrogen (secondary N) is 2. The third-order valence-electron chi connectivity index (χ3n) is 1.72. The molecule has 14 heavy (non-hydrogen) atoms. The number of anilines is 2. The zero-order valence-corrected chi connectivity index (χ0v) is 8.79. The van der Waals surface area contributed by atoms with Crippen LogP contribution >= 0.6 is 0 Å². The largest absolute Gasteiger partial charge is 0.374 e. The molecule has 0 radical (unpaired) electrons. The van der Waals surface area contributed by atoms with Crippen LogP contribution in [0.3, 0.4) is 0 Å². The Morgan fingerprint density at radius 2 is 1.79 bits per heavy atom. The minimum absolute atomic E-state index is 0.445.